The fraction of sp³-hybridized carbons (Fsp3) is 0.304. The third-order valence-electron chi connectivity index (χ3n) is 5.75. The summed E-state index contributed by atoms with van der Waals surface area (Å²) in [6.07, 6.45) is 7.73. The van der Waals surface area contributed by atoms with E-state index in [0.29, 0.717) is 0 Å². The van der Waals surface area contributed by atoms with E-state index < -0.39 is 0 Å². The molecule has 0 atom stereocenters. The Morgan fingerprint density at radius 3 is 2.66 bits per heavy atom. The highest BCUT2D eigenvalue weighted by Crippen LogP contribution is 2.25. The molecule has 0 saturated carbocycles. The smallest absolute Gasteiger partial charge is 0.250 e. The Bertz CT molecular complexity index is 1170. The number of pyridine rings is 1. The Hall–Kier alpha value is -2.70. The summed E-state index contributed by atoms with van der Waals surface area (Å²) in [5, 5.41) is 4.19. The van der Waals surface area contributed by atoms with Crippen molar-refractivity contribution in [3.63, 3.8) is 0 Å². The maximum Gasteiger partial charge on any atom is 0.250 e. The lowest BCUT2D eigenvalue weighted by atomic mass is 10.1. The van der Waals surface area contributed by atoms with E-state index in [1.165, 1.54) is 19.3 Å². The number of imidazole rings is 1. The molecule has 0 aliphatic carbocycles. The van der Waals surface area contributed by atoms with Crippen LogP contribution in [0.2, 0.25) is 0 Å². The molecule has 3 aromatic heterocycles. The predicted octanol–water partition coefficient (Wildman–Crippen LogP) is 4.40. The van der Waals surface area contributed by atoms with Crippen molar-refractivity contribution in [3.8, 4) is 16.8 Å². The number of hydrogen-bond donors (Lipinski definition) is 0. The maximum atomic E-state index is 12.4. The van der Waals surface area contributed by atoms with Crippen molar-refractivity contribution in [1.82, 2.24) is 19.0 Å². The summed E-state index contributed by atoms with van der Waals surface area (Å²) >= 11 is 1.68. The number of hydrogen-bond acceptors (Lipinski definition) is 4. The van der Waals surface area contributed by atoms with E-state index in [2.05, 4.69) is 49.5 Å². The maximum absolute atomic E-state index is 12.4. The van der Waals surface area contributed by atoms with Crippen LogP contribution in [0.3, 0.4) is 0 Å². The number of rotatable bonds is 5. The van der Waals surface area contributed by atoms with Gasteiger partial charge in [0.05, 0.1) is 16.7 Å². The van der Waals surface area contributed by atoms with Gasteiger partial charge in [0.15, 0.2) is 0 Å². The normalized spacial score (nSPS) is 15.2. The van der Waals surface area contributed by atoms with E-state index in [4.69, 9.17) is 0 Å². The Labute approximate surface area is 173 Å². The Kier molecular flexibility index (Phi) is 5.04. The van der Waals surface area contributed by atoms with Crippen LogP contribution in [0.4, 0.5) is 0 Å². The zero-order chi connectivity index (χ0) is 19.6. The van der Waals surface area contributed by atoms with E-state index in [0.717, 1.165) is 54.0 Å². The van der Waals surface area contributed by atoms with Crippen LogP contribution in [0.25, 0.3) is 27.8 Å². The van der Waals surface area contributed by atoms with Crippen LogP contribution in [-0.2, 0) is 6.54 Å². The second-order valence-corrected chi connectivity index (χ2v) is 8.43. The first kappa shape index (κ1) is 18.3. The molecule has 1 saturated heterocycles. The lowest BCUT2D eigenvalue weighted by molar-refractivity contribution is 0.220. The largest absolute Gasteiger partial charge is 0.314 e. The SMILES string of the molecule is O=c1ccc(-c2ccc3c(c2)ncn3-c2ccsc2)cn1CCN1CCCCC1. The number of nitrogens with zero attached hydrogens (tertiary/aromatic N) is 4. The number of benzene rings is 1. The number of piperidine rings is 1. The van der Waals surface area contributed by atoms with Gasteiger partial charge in [-0.3, -0.25) is 9.36 Å². The molecular formula is C23H24N4OS. The molecule has 0 amide bonds. The molecule has 0 unspecified atom stereocenters. The molecule has 0 radical (unpaired) electrons. The number of fused-ring (bicyclic) bond motifs is 1. The van der Waals surface area contributed by atoms with Gasteiger partial charge in [-0.15, -0.1) is 0 Å². The Morgan fingerprint density at radius 2 is 1.83 bits per heavy atom. The van der Waals surface area contributed by atoms with Crippen molar-refractivity contribution >= 4 is 22.4 Å². The molecule has 6 heteroatoms. The quantitative estimate of drug-likeness (QED) is 0.495. The van der Waals surface area contributed by atoms with E-state index in [1.807, 2.05) is 23.2 Å². The van der Waals surface area contributed by atoms with Crippen LogP contribution in [0.1, 0.15) is 19.3 Å². The number of thiophene rings is 1. The van der Waals surface area contributed by atoms with E-state index in [9.17, 15) is 4.79 Å². The van der Waals surface area contributed by atoms with Gasteiger partial charge in [-0.1, -0.05) is 12.5 Å². The predicted molar refractivity (Wildman–Crippen MR) is 119 cm³/mol. The van der Waals surface area contributed by atoms with Crippen LogP contribution in [-0.4, -0.2) is 38.7 Å². The summed E-state index contributed by atoms with van der Waals surface area (Å²) in [7, 11) is 0. The number of aromatic nitrogens is 3. The molecule has 1 aliphatic rings. The molecule has 0 bridgehead atoms. The molecule has 29 heavy (non-hydrogen) atoms. The zero-order valence-corrected chi connectivity index (χ0v) is 17.1. The highest BCUT2D eigenvalue weighted by atomic mass is 32.1. The molecule has 0 spiro atoms. The van der Waals surface area contributed by atoms with Crippen molar-refractivity contribution in [1.29, 1.82) is 0 Å². The average Bonchev–Trinajstić information content (AvgIpc) is 3.43. The van der Waals surface area contributed by atoms with E-state index in [-0.39, 0.29) is 5.56 Å². The molecule has 5 rings (SSSR count). The lowest BCUT2D eigenvalue weighted by Crippen LogP contribution is -2.34. The van der Waals surface area contributed by atoms with Crippen LogP contribution in [0, 0.1) is 0 Å². The van der Waals surface area contributed by atoms with E-state index in [1.54, 1.807) is 17.4 Å². The molecular weight excluding hydrogens is 380 g/mol. The van der Waals surface area contributed by atoms with Crippen LogP contribution >= 0.6 is 11.3 Å². The molecule has 5 nitrogen and oxygen atoms in total. The van der Waals surface area contributed by atoms with Crippen LogP contribution < -0.4 is 5.56 Å². The minimum absolute atomic E-state index is 0.0635. The third-order valence-corrected chi connectivity index (χ3v) is 6.42. The fourth-order valence-corrected chi connectivity index (χ4v) is 4.73. The zero-order valence-electron chi connectivity index (χ0n) is 16.3. The van der Waals surface area contributed by atoms with Crippen molar-refractivity contribution < 1.29 is 0 Å². The molecule has 0 N–H and O–H groups in total. The minimum atomic E-state index is 0.0635. The van der Waals surface area contributed by atoms with Gasteiger partial charge in [0, 0.05) is 30.7 Å². The van der Waals surface area contributed by atoms with Gasteiger partial charge in [0.1, 0.15) is 6.33 Å². The van der Waals surface area contributed by atoms with Gasteiger partial charge >= 0.3 is 0 Å². The first-order valence-electron chi connectivity index (χ1n) is 10.2. The standard InChI is InChI=1S/C23H24N4OS/c28-23-7-5-19(15-26(23)12-11-25-9-2-1-3-10-25)18-4-6-22-21(14-18)24-17-27(22)20-8-13-29-16-20/h4-8,13-17H,1-3,9-12H2. The van der Waals surface area contributed by atoms with Gasteiger partial charge < -0.3 is 9.47 Å². The monoisotopic (exact) mass is 404 g/mol. The minimum Gasteiger partial charge on any atom is -0.314 e. The summed E-state index contributed by atoms with van der Waals surface area (Å²) < 4.78 is 3.95. The molecule has 4 heterocycles. The van der Waals surface area contributed by atoms with Gasteiger partial charge in [-0.05, 0) is 66.7 Å². The summed E-state index contributed by atoms with van der Waals surface area (Å²) in [5.41, 5.74) is 5.38. The summed E-state index contributed by atoms with van der Waals surface area (Å²) in [5.74, 6) is 0. The van der Waals surface area contributed by atoms with Crippen LogP contribution in [0.15, 0.2) is 64.5 Å². The highest BCUT2D eigenvalue weighted by Gasteiger charge is 2.11. The highest BCUT2D eigenvalue weighted by molar-refractivity contribution is 7.08. The van der Waals surface area contributed by atoms with Crippen LogP contribution in [0.5, 0.6) is 0 Å². The van der Waals surface area contributed by atoms with Gasteiger partial charge in [0.2, 0.25) is 0 Å². The molecule has 4 aromatic rings. The summed E-state index contributed by atoms with van der Waals surface area (Å²) in [6.45, 7) is 3.98. The second-order valence-electron chi connectivity index (χ2n) is 7.65. The van der Waals surface area contributed by atoms with E-state index >= 15 is 0 Å². The second kappa shape index (κ2) is 7.97. The first-order chi connectivity index (χ1) is 14.3. The first-order valence-corrected chi connectivity index (χ1v) is 11.2. The van der Waals surface area contributed by atoms with Crippen molar-refractivity contribution in [2.75, 3.05) is 19.6 Å². The molecule has 1 aliphatic heterocycles. The van der Waals surface area contributed by atoms with Crippen molar-refractivity contribution in [2.24, 2.45) is 0 Å². The Morgan fingerprint density at radius 1 is 0.966 bits per heavy atom. The third kappa shape index (κ3) is 3.78. The van der Waals surface area contributed by atoms with Gasteiger partial charge in [0.25, 0.3) is 5.56 Å². The van der Waals surface area contributed by atoms with Crippen molar-refractivity contribution in [3.05, 3.63) is 70.0 Å². The fourth-order valence-electron chi connectivity index (χ4n) is 4.10. The molecule has 148 valence electrons. The average molecular weight is 405 g/mol. The Balaban J connectivity index is 1.41. The molecule has 1 aromatic carbocycles. The van der Waals surface area contributed by atoms with Gasteiger partial charge in [-0.2, -0.15) is 11.3 Å². The topological polar surface area (TPSA) is 43.1 Å². The lowest BCUT2D eigenvalue weighted by Gasteiger charge is -2.26. The van der Waals surface area contributed by atoms with Gasteiger partial charge in [-0.25, -0.2) is 4.98 Å². The summed E-state index contributed by atoms with van der Waals surface area (Å²) in [4.78, 5) is 19.4. The van der Waals surface area contributed by atoms with Crippen molar-refractivity contribution in [2.45, 2.75) is 25.8 Å². The molecule has 1 fully saturated rings. The number of likely N-dealkylation sites (tertiary alicyclic amines) is 1. The summed E-state index contributed by atoms with van der Waals surface area (Å²) in [6, 6.07) is 12.0.